The molecule has 0 aliphatic rings. The topological polar surface area (TPSA) is 36.9 Å². The lowest BCUT2D eigenvalue weighted by Gasteiger charge is -2.41. The molecule has 4 nitrogen and oxygen atoms in total. The van der Waals surface area contributed by atoms with Crippen molar-refractivity contribution in [3.63, 3.8) is 0 Å². The summed E-state index contributed by atoms with van der Waals surface area (Å²) in [5.74, 6) is 2.38. The van der Waals surface area contributed by atoms with Crippen LogP contribution in [0.1, 0.15) is 40.5 Å². The van der Waals surface area contributed by atoms with Gasteiger partial charge in [0.2, 0.25) is 0 Å². The molecule has 0 fully saturated rings. The molecule has 0 aromatic carbocycles. The van der Waals surface area contributed by atoms with Gasteiger partial charge in [-0.1, -0.05) is 39.3 Å². The Kier molecular flexibility index (Phi) is 14.9. The zero-order chi connectivity index (χ0) is 24.3. The van der Waals surface area contributed by atoms with E-state index in [4.69, 9.17) is 17.7 Å². The second-order valence-electron chi connectivity index (χ2n) is 10.8. The Morgan fingerprint density at radius 3 is 0.968 bits per heavy atom. The van der Waals surface area contributed by atoms with Crippen LogP contribution >= 0.6 is 11.8 Å². The third-order valence-corrected chi connectivity index (χ3v) is 26.9. The predicted molar refractivity (Wildman–Crippen MR) is 150 cm³/mol. The maximum Gasteiger partial charge on any atom is 0.335 e. The summed E-state index contributed by atoms with van der Waals surface area (Å²) in [6.45, 7) is 30.9. The normalized spacial score (nSPS) is 15.9. The predicted octanol–water partition coefficient (Wildman–Crippen LogP) is 7.29. The van der Waals surface area contributed by atoms with Crippen molar-refractivity contribution in [1.29, 1.82) is 0 Å². The molecule has 0 radical (unpaired) electrons. The monoisotopic (exact) mass is 526 g/mol. The largest absolute Gasteiger partial charge is 0.395 e. The van der Waals surface area contributed by atoms with Crippen molar-refractivity contribution in [3.05, 3.63) is 0 Å². The van der Waals surface area contributed by atoms with Crippen LogP contribution in [0, 0.1) is 0 Å². The van der Waals surface area contributed by atoms with Gasteiger partial charge in [0.05, 0.1) is 16.1 Å². The molecular weight excluding hydrogens is 473 g/mol. The first-order valence-electron chi connectivity index (χ1n) is 12.3. The highest BCUT2D eigenvalue weighted by molar-refractivity contribution is 7.99. The molecule has 0 bridgehead atoms. The van der Waals surface area contributed by atoms with Crippen molar-refractivity contribution in [1.82, 2.24) is 0 Å². The number of thioether (sulfide) groups is 1. The van der Waals surface area contributed by atoms with Gasteiger partial charge >= 0.3 is 17.1 Å². The Labute approximate surface area is 203 Å². The summed E-state index contributed by atoms with van der Waals surface area (Å²) in [7, 11) is -7.09. The van der Waals surface area contributed by atoms with E-state index in [2.05, 4.69) is 91.8 Å². The van der Waals surface area contributed by atoms with Crippen LogP contribution in [0.15, 0.2) is 0 Å². The summed E-state index contributed by atoms with van der Waals surface area (Å²) in [5.41, 5.74) is 0. The van der Waals surface area contributed by atoms with E-state index in [1.165, 1.54) is 24.3 Å². The van der Waals surface area contributed by atoms with E-state index in [1.54, 1.807) is 0 Å². The van der Waals surface area contributed by atoms with Crippen LogP contribution in [0.2, 0.25) is 62.7 Å². The molecule has 2 unspecified atom stereocenters. The molecule has 0 rings (SSSR count). The Bertz CT molecular complexity index is 429. The molecule has 0 aliphatic carbocycles. The van der Waals surface area contributed by atoms with Gasteiger partial charge in [0.25, 0.3) is 0 Å². The summed E-state index contributed by atoms with van der Waals surface area (Å²) in [6.07, 6.45) is 2.43. The van der Waals surface area contributed by atoms with E-state index in [0.717, 1.165) is 26.4 Å². The minimum absolute atomic E-state index is 0.617. The third kappa shape index (κ3) is 10.9. The minimum Gasteiger partial charge on any atom is -0.395 e. The summed E-state index contributed by atoms with van der Waals surface area (Å²) in [6, 6.07) is 0. The van der Waals surface area contributed by atoms with Crippen molar-refractivity contribution in [2.75, 3.05) is 37.9 Å². The van der Waals surface area contributed by atoms with E-state index >= 15 is 0 Å². The molecule has 0 aromatic heterocycles. The fourth-order valence-electron chi connectivity index (χ4n) is 5.10. The highest BCUT2D eigenvalue weighted by atomic mass is 32.2. The SMILES string of the molecule is CCO[Si](C)(OCC)C(CCSCCC([Si](C)(C)C)[Si](C)(OCC)OCC)[Si](C)(C)C. The molecule has 9 heteroatoms. The van der Waals surface area contributed by atoms with Crippen LogP contribution in [0.4, 0.5) is 0 Å². The summed E-state index contributed by atoms with van der Waals surface area (Å²) >= 11 is 2.11. The van der Waals surface area contributed by atoms with Crippen molar-refractivity contribution in [2.24, 2.45) is 0 Å². The van der Waals surface area contributed by atoms with Crippen LogP contribution in [-0.4, -0.2) is 71.2 Å². The molecule has 0 saturated heterocycles. The van der Waals surface area contributed by atoms with E-state index in [-0.39, 0.29) is 0 Å². The summed E-state index contributed by atoms with van der Waals surface area (Å²) in [4.78, 5) is 0. The molecule has 0 amide bonds. The van der Waals surface area contributed by atoms with Crippen molar-refractivity contribution >= 4 is 45.0 Å². The highest BCUT2D eigenvalue weighted by Crippen LogP contribution is 2.40. The van der Waals surface area contributed by atoms with Gasteiger partial charge < -0.3 is 17.7 Å². The molecule has 31 heavy (non-hydrogen) atoms. The van der Waals surface area contributed by atoms with Gasteiger partial charge in [-0.05, 0) is 75.5 Å². The quantitative estimate of drug-likeness (QED) is 0.138. The van der Waals surface area contributed by atoms with E-state index in [9.17, 15) is 0 Å². The van der Waals surface area contributed by atoms with Crippen molar-refractivity contribution in [3.8, 4) is 0 Å². The van der Waals surface area contributed by atoms with Gasteiger partial charge in [0, 0.05) is 26.4 Å². The Balaban J connectivity index is 5.12. The lowest BCUT2D eigenvalue weighted by molar-refractivity contribution is 0.184. The first kappa shape index (κ1) is 32.1. The lowest BCUT2D eigenvalue weighted by atomic mass is 10.5. The van der Waals surface area contributed by atoms with Crippen LogP contribution in [-0.2, 0) is 17.7 Å². The first-order valence-corrected chi connectivity index (χ1v) is 25.4. The lowest BCUT2D eigenvalue weighted by Crippen LogP contribution is -2.53. The average Bonchev–Trinajstić information content (AvgIpc) is 2.59. The molecule has 0 N–H and O–H groups in total. The van der Waals surface area contributed by atoms with E-state index in [0.29, 0.717) is 10.3 Å². The van der Waals surface area contributed by atoms with Crippen LogP contribution in [0.5, 0.6) is 0 Å². The standard InChI is InChI=1S/C22H54O4SSi4/c1-13-23-30(11,24-14-2)21(28(5,6)7)17-19-27-20-18-22(29(8,9)10)31(12,25-15-3)26-16-4/h21-22H,13-20H2,1-12H3. The molecule has 2 atom stereocenters. The van der Waals surface area contributed by atoms with Gasteiger partial charge in [-0.15, -0.1) is 0 Å². The van der Waals surface area contributed by atoms with Gasteiger partial charge in [0.1, 0.15) is 0 Å². The minimum atomic E-state index is -2.16. The number of rotatable bonds is 18. The van der Waals surface area contributed by atoms with Crippen LogP contribution in [0.25, 0.3) is 0 Å². The molecule has 0 aromatic rings. The second kappa shape index (κ2) is 14.5. The fourth-order valence-corrected chi connectivity index (χ4v) is 27.2. The van der Waals surface area contributed by atoms with Crippen molar-refractivity contribution < 1.29 is 17.7 Å². The smallest absolute Gasteiger partial charge is 0.335 e. The van der Waals surface area contributed by atoms with Gasteiger partial charge in [-0.3, -0.25) is 0 Å². The maximum absolute atomic E-state index is 6.32. The average molecular weight is 527 g/mol. The number of hydrogen-bond donors (Lipinski definition) is 0. The Hall–Kier alpha value is 1.06. The highest BCUT2D eigenvalue weighted by Gasteiger charge is 2.48. The summed E-state index contributed by atoms with van der Waals surface area (Å²) in [5, 5.41) is 1.23. The van der Waals surface area contributed by atoms with Crippen LogP contribution < -0.4 is 0 Å². The Morgan fingerprint density at radius 2 is 0.774 bits per heavy atom. The first-order chi connectivity index (χ1) is 14.2. The molecule has 0 spiro atoms. The molecular formula is C22H54O4SSi4. The summed E-state index contributed by atoms with van der Waals surface area (Å²) < 4.78 is 25.3. The van der Waals surface area contributed by atoms with Crippen LogP contribution in [0.3, 0.4) is 0 Å². The third-order valence-electron chi connectivity index (χ3n) is 6.18. The zero-order valence-corrected chi connectivity index (χ0v) is 27.7. The molecule has 0 saturated carbocycles. The van der Waals surface area contributed by atoms with Gasteiger partial charge in [-0.2, -0.15) is 11.8 Å². The molecule has 0 aliphatic heterocycles. The Morgan fingerprint density at radius 1 is 0.516 bits per heavy atom. The van der Waals surface area contributed by atoms with E-state index < -0.39 is 33.3 Å². The van der Waals surface area contributed by atoms with E-state index in [1.807, 2.05) is 0 Å². The zero-order valence-electron chi connectivity index (χ0n) is 22.9. The van der Waals surface area contributed by atoms with Gasteiger partial charge in [0.15, 0.2) is 0 Å². The number of hydrogen-bond acceptors (Lipinski definition) is 5. The maximum atomic E-state index is 6.32. The second-order valence-corrected chi connectivity index (χ2v) is 30.6. The molecule has 0 heterocycles. The molecule has 188 valence electrons. The fraction of sp³-hybridized carbons (Fsp3) is 1.00. The van der Waals surface area contributed by atoms with Crippen molar-refractivity contribution in [2.45, 2.75) is 103 Å². The van der Waals surface area contributed by atoms with Gasteiger partial charge in [-0.25, -0.2) is 0 Å².